The van der Waals surface area contributed by atoms with Crippen molar-refractivity contribution in [1.82, 2.24) is 0 Å². The second-order valence-electron chi connectivity index (χ2n) is 6.57. The predicted octanol–water partition coefficient (Wildman–Crippen LogP) is 1.98. The fourth-order valence-corrected chi connectivity index (χ4v) is 3.30. The van der Waals surface area contributed by atoms with E-state index in [2.05, 4.69) is 0 Å². The van der Waals surface area contributed by atoms with Crippen molar-refractivity contribution in [3.63, 3.8) is 0 Å². The zero-order chi connectivity index (χ0) is 20.7. The van der Waals surface area contributed by atoms with Crippen LogP contribution in [0, 0.1) is 0 Å². The summed E-state index contributed by atoms with van der Waals surface area (Å²) in [4.78, 5) is 25.0. The summed E-state index contributed by atoms with van der Waals surface area (Å²) >= 11 is 0. The second-order valence-corrected chi connectivity index (χ2v) is 6.57. The van der Waals surface area contributed by atoms with E-state index in [1.54, 1.807) is 6.08 Å². The third-order valence-electron chi connectivity index (χ3n) is 4.70. The summed E-state index contributed by atoms with van der Waals surface area (Å²) < 4.78 is 4.95. The number of benzene rings is 1. The molecule has 0 aliphatic heterocycles. The smallest absolute Gasteiger partial charge is 0.228 e. The molecule has 152 valence electrons. The molecular weight excluding hydrogens is 364 g/mol. The van der Waals surface area contributed by atoms with Crippen LogP contribution in [0.3, 0.4) is 0 Å². The molecule has 1 aromatic rings. The van der Waals surface area contributed by atoms with E-state index in [1.165, 1.54) is 19.3 Å². The molecule has 1 aromatic carbocycles. The Hall–Kier alpha value is -2.48. The molecule has 0 spiro atoms. The Morgan fingerprint density at radius 1 is 1.14 bits per heavy atom. The highest BCUT2D eigenvalue weighted by atomic mass is 16.5. The van der Waals surface area contributed by atoms with Gasteiger partial charge in [0.05, 0.1) is 25.4 Å². The predicted molar refractivity (Wildman–Crippen MR) is 102 cm³/mol. The lowest BCUT2D eigenvalue weighted by Crippen LogP contribution is -2.20. The van der Waals surface area contributed by atoms with Gasteiger partial charge in [-0.15, -0.1) is 0 Å². The van der Waals surface area contributed by atoms with E-state index in [0.29, 0.717) is 24.8 Å². The van der Waals surface area contributed by atoms with Crippen LogP contribution in [0.15, 0.2) is 30.1 Å². The summed E-state index contributed by atoms with van der Waals surface area (Å²) in [5.74, 6) is -1.57. The number of ketones is 2. The van der Waals surface area contributed by atoms with Crippen molar-refractivity contribution in [3.8, 4) is 5.75 Å². The number of phenols is 1. The number of methoxy groups -OCH3 is 1. The van der Waals surface area contributed by atoms with E-state index < -0.39 is 23.4 Å². The van der Waals surface area contributed by atoms with Crippen LogP contribution in [0.25, 0.3) is 0 Å². The molecule has 1 atom stereocenters. The number of aliphatic hydroxyl groups excluding tert-OH is 3. The standard InChI is InChI=1S/C21H26O7/c1-28-17-12-16(25)19-14(20(17)26)11-13(7-4-6-10-23)18(21(19)27)15(24)8-3-2-5-9-22/h4,6,11-12,15,22-24,27H,2-3,5,7-10H2,1H3/b6-4+. The van der Waals surface area contributed by atoms with E-state index in [4.69, 9.17) is 14.9 Å². The summed E-state index contributed by atoms with van der Waals surface area (Å²) in [6.07, 6.45) is 5.74. The largest absolute Gasteiger partial charge is 0.507 e. The molecule has 0 bridgehead atoms. The maximum Gasteiger partial charge on any atom is 0.228 e. The topological polar surface area (TPSA) is 124 Å². The Balaban J connectivity index is 2.49. The lowest BCUT2D eigenvalue weighted by atomic mass is 9.84. The Bertz CT molecular complexity index is 792. The Morgan fingerprint density at radius 2 is 1.89 bits per heavy atom. The number of hydrogen-bond donors (Lipinski definition) is 4. The first-order valence-electron chi connectivity index (χ1n) is 9.24. The third kappa shape index (κ3) is 4.67. The Kier molecular flexibility index (Phi) is 7.92. The number of aliphatic hydroxyl groups is 3. The molecule has 0 aromatic heterocycles. The SMILES string of the molecule is COC1=CC(=O)c2c(cc(C/C=C/CO)c(C(O)CCCCCO)c2O)C1=O. The molecule has 28 heavy (non-hydrogen) atoms. The number of fused-ring (bicyclic) bond motifs is 1. The number of allylic oxidation sites excluding steroid dienone is 3. The molecular formula is C21H26O7. The van der Waals surface area contributed by atoms with Gasteiger partial charge in [-0.2, -0.15) is 0 Å². The van der Waals surface area contributed by atoms with Crippen LogP contribution >= 0.6 is 0 Å². The van der Waals surface area contributed by atoms with Gasteiger partial charge in [0.2, 0.25) is 5.78 Å². The van der Waals surface area contributed by atoms with Gasteiger partial charge in [0.1, 0.15) is 5.75 Å². The number of hydrogen-bond acceptors (Lipinski definition) is 7. The molecule has 1 aliphatic carbocycles. The maximum atomic E-state index is 12.6. The Labute approximate surface area is 163 Å². The Morgan fingerprint density at radius 3 is 2.54 bits per heavy atom. The molecule has 1 unspecified atom stereocenters. The number of carbonyl (C=O) groups excluding carboxylic acids is 2. The van der Waals surface area contributed by atoms with Crippen LogP contribution < -0.4 is 0 Å². The van der Waals surface area contributed by atoms with E-state index >= 15 is 0 Å². The molecule has 4 N–H and O–H groups in total. The lowest BCUT2D eigenvalue weighted by Gasteiger charge is -2.23. The fraction of sp³-hybridized carbons (Fsp3) is 0.429. The van der Waals surface area contributed by atoms with Gasteiger partial charge in [-0.1, -0.05) is 25.0 Å². The second kappa shape index (κ2) is 10.2. The van der Waals surface area contributed by atoms with E-state index in [0.717, 1.165) is 12.5 Å². The van der Waals surface area contributed by atoms with Crippen LogP contribution in [0.1, 0.15) is 63.6 Å². The molecule has 7 heteroatoms. The van der Waals surface area contributed by atoms with Crippen LogP contribution in [0.5, 0.6) is 5.75 Å². The normalized spacial score (nSPS) is 14.9. The molecule has 0 saturated carbocycles. The fourth-order valence-electron chi connectivity index (χ4n) is 3.30. The highest BCUT2D eigenvalue weighted by Crippen LogP contribution is 2.39. The molecule has 2 rings (SSSR count). The lowest BCUT2D eigenvalue weighted by molar-refractivity contribution is 0.0913. The van der Waals surface area contributed by atoms with Gasteiger partial charge in [-0.05, 0) is 30.9 Å². The molecule has 0 saturated heterocycles. The number of phenolic OH excluding ortho intramolecular Hbond substituents is 1. The first-order chi connectivity index (χ1) is 13.5. The van der Waals surface area contributed by atoms with Gasteiger partial charge >= 0.3 is 0 Å². The number of unbranched alkanes of at least 4 members (excludes halogenated alkanes) is 2. The molecule has 0 radical (unpaired) electrons. The molecule has 0 heterocycles. The number of rotatable bonds is 10. The van der Waals surface area contributed by atoms with Crippen molar-refractivity contribution >= 4 is 11.6 Å². The average Bonchev–Trinajstić information content (AvgIpc) is 2.67. The molecule has 0 amide bonds. The minimum atomic E-state index is -1.03. The molecule has 1 aliphatic rings. The van der Waals surface area contributed by atoms with Crippen LogP contribution in [-0.2, 0) is 11.2 Å². The number of aromatic hydroxyl groups is 1. The van der Waals surface area contributed by atoms with Crippen LogP contribution in [0.4, 0.5) is 0 Å². The number of ether oxygens (including phenoxy) is 1. The van der Waals surface area contributed by atoms with E-state index in [-0.39, 0.29) is 42.1 Å². The van der Waals surface area contributed by atoms with Gasteiger partial charge in [-0.3, -0.25) is 9.59 Å². The minimum Gasteiger partial charge on any atom is -0.507 e. The molecule has 0 fully saturated rings. The first kappa shape index (κ1) is 21.8. The van der Waals surface area contributed by atoms with Crippen molar-refractivity contribution in [3.05, 3.63) is 52.3 Å². The van der Waals surface area contributed by atoms with Crippen molar-refractivity contribution < 1.29 is 34.8 Å². The monoisotopic (exact) mass is 390 g/mol. The highest BCUT2D eigenvalue weighted by Gasteiger charge is 2.33. The van der Waals surface area contributed by atoms with Gasteiger partial charge in [0.25, 0.3) is 0 Å². The van der Waals surface area contributed by atoms with Gasteiger partial charge in [-0.25, -0.2) is 0 Å². The maximum absolute atomic E-state index is 12.6. The number of carbonyl (C=O) groups is 2. The summed E-state index contributed by atoms with van der Waals surface area (Å²) in [5.41, 5.74) is 0.602. The summed E-state index contributed by atoms with van der Waals surface area (Å²) in [6, 6.07) is 1.50. The van der Waals surface area contributed by atoms with Crippen molar-refractivity contribution in [2.75, 3.05) is 20.3 Å². The summed E-state index contributed by atoms with van der Waals surface area (Å²) in [7, 11) is 1.29. The van der Waals surface area contributed by atoms with Crippen LogP contribution in [0.2, 0.25) is 0 Å². The van der Waals surface area contributed by atoms with Crippen LogP contribution in [-0.4, -0.2) is 52.3 Å². The van der Waals surface area contributed by atoms with E-state index in [9.17, 15) is 19.8 Å². The minimum absolute atomic E-state index is 0.0329. The van der Waals surface area contributed by atoms with E-state index in [1.807, 2.05) is 0 Å². The van der Waals surface area contributed by atoms with Gasteiger partial charge < -0.3 is 25.2 Å². The highest BCUT2D eigenvalue weighted by molar-refractivity contribution is 6.25. The summed E-state index contributed by atoms with van der Waals surface area (Å²) in [6.45, 7) is -0.0911. The third-order valence-corrected chi connectivity index (χ3v) is 4.70. The number of Topliss-reactive ketones (excluding diaryl/α,β-unsaturated/α-hetero) is 1. The van der Waals surface area contributed by atoms with Crippen molar-refractivity contribution in [2.24, 2.45) is 0 Å². The van der Waals surface area contributed by atoms with Crippen molar-refractivity contribution in [1.29, 1.82) is 0 Å². The molecule has 7 nitrogen and oxygen atoms in total. The summed E-state index contributed by atoms with van der Waals surface area (Å²) in [5, 5.41) is 39.3. The van der Waals surface area contributed by atoms with Gasteiger partial charge in [0, 0.05) is 23.8 Å². The quantitative estimate of drug-likeness (QED) is 0.356. The zero-order valence-corrected chi connectivity index (χ0v) is 15.9. The average molecular weight is 390 g/mol. The first-order valence-corrected chi connectivity index (χ1v) is 9.24. The van der Waals surface area contributed by atoms with Crippen molar-refractivity contribution in [2.45, 2.75) is 38.2 Å². The zero-order valence-electron chi connectivity index (χ0n) is 15.9. The van der Waals surface area contributed by atoms with Gasteiger partial charge in [0.15, 0.2) is 11.5 Å².